The number of aromatic nitrogens is 1. The molecule has 0 amide bonds. The van der Waals surface area contributed by atoms with Crippen molar-refractivity contribution in [1.82, 2.24) is 4.98 Å². The molecule has 17 heavy (non-hydrogen) atoms. The first-order chi connectivity index (χ1) is 8.04. The van der Waals surface area contributed by atoms with Gasteiger partial charge in [0.05, 0.1) is 5.56 Å². The minimum absolute atomic E-state index is 0.0801. The van der Waals surface area contributed by atoms with Crippen LogP contribution < -0.4 is 5.32 Å². The number of carboxylic acid groups (broad SMARTS) is 1. The number of anilines is 1. The molecular weight excluding hydrogens is 220 g/mol. The normalized spacial score (nSPS) is 12.5. The number of rotatable bonds is 6. The monoisotopic (exact) mass is 238 g/mol. The fourth-order valence-corrected chi connectivity index (χ4v) is 1.54. The van der Waals surface area contributed by atoms with E-state index in [1.807, 2.05) is 13.8 Å². The van der Waals surface area contributed by atoms with Crippen molar-refractivity contribution >= 4 is 11.8 Å². The van der Waals surface area contributed by atoms with Crippen molar-refractivity contribution in [1.29, 1.82) is 0 Å². The highest BCUT2D eigenvalue weighted by Gasteiger charge is 2.13. The lowest BCUT2D eigenvalue weighted by Crippen LogP contribution is -2.27. The van der Waals surface area contributed by atoms with Crippen LogP contribution in [-0.4, -0.2) is 33.8 Å². The van der Waals surface area contributed by atoms with Gasteiger partial charge in [-0.25, -0.2) is 9.78 Å². The van der Waals surface area contributed by atoms with E-state index in [1.165, 1.54) is 18.3 Å². The third-order valence-corrected chi connectivity index (χ3v) is 2.59. The molecule has 0 aliphatic rings. The second-order valence-electron chi connectivity index (χ2n) is 4.24. The number of pyridine rings is 1. The fourth-order valence-electron chi connectivity index (χ4n) is 1.54. The van der Waals surface area contributed by atoms with Gasteiger partial charge < -0.3 is 15.5 Å². The summed E-state index contributed by atoms with van der Waals surface area (Å²) in [5.74, 6) is -0.117. The van der Waals surface area contributed by atoms with Gasteiger partial charge >= 0.3 is 5.97 Å². The van der Waals surface area contributed by atoms with Gasteiger partial charge in [0.2, 0.25) is 0 Å². The molecule has 0 aliphatic carbocycles. The molecule has 1 aromatic heterocycles. The Labute approximate surface area is 101 Å². The van der Waals surface area contributed by atoms with Crippen molar-refractivity contribution < 1.29 is 15.0 Å². The third kappa shape index (κ3) is 4.03. The summed E-state index contributed by atoms with van der Waals surface area (Å²) in [5, 5.41) is 21.0. The molecule has 5 nitrogen and oxygen atoms in total. The van der Waals surface area contributed by atoms with Gasteiger partial charge in [-0.2, -0.15) is 0 Å². The molecule has 0 radical (unpaired) electrons. The highest BCUT2D eigenvalue weighted by molar-refractivity contribution is 5.88. The molecule has 1 rings (SSSR count). The molecule has 94 valence electrons. The molecule has 0 fully saturated rings. The van der Waals surface area contributed by atoms with Crippen LogP contribution in [0.4, 0.5) is 5.82 Å². The van der Waals surface area contributed by atoms with E-state index in [9.17, 15) is 4.79 Å². The lowest BCUT2D eigenvalue weighted by atomic mass is 10.0. The van der Waals surface area contributed by atoms with Gasteiger partial charge in [-0.1, -0.05) is 13.8 Å². The topological polar surface area (TPSA) is 82.5 Å². The number of aliphatic hydroxyl groups excluding tert-OH is 1. The molecule has 0 saturated heterocycles. The number of nitrogens with one attached hydrogen (secondary N) is 1. The van der Waals surface area contributed by atoms with E-state index in [4.69, 9.17) is 10.2 Å². The Kier molecular flexibility index (Phi) is 4.90. The van der Waals surface area contributed by atoms with E-state index in [1.54, 1.807) is 0 Å². The molecule has 3 N–H and O–H groups in total. The SMILES string of the molecule is CC(C)C(CCO)Nc1cc(C(=O)O)ccn1. The summed E-state index contributed by atoms with van der Waals surface area (Å²) >= 11 is 0. The predicted octanol–water partition coefficient (Wildman–Crippen LogP) is 1.60. The Balaban J connectivity index is 2.78. The number of aromatic carboxylic acids is 1. The highest BCUT2D eigenvalue weighted by Crippen LogP contribution is 2.14. The van der Waals surface area contributed by atoms with Crippen LogP contribution in [-0.2, 0) is 0 Å². The predicted molar refractivity (Wildman–Crippen MR) is 65.1 cm³/mol. The van der Waals surface area contributed by atoms with Crippen LogP contribution in [0.3, 0.4) is 0 Å². The Morgan fingerprint density at radius 2 is 2.24 bits per heavy atom. The van der Waals surface area contributed by atoms with Gasteiger partial charge in [-0.3, -0.25) is 0 Å². The number of nitrogens with zero attached hydrogens (tertiary/aromatic N) is 1. The summed E-state index contributed by atoms with van der Waals surface area (Å²) in [6.45, 7) is 4.16. The maximum Gasteiger partial charge on any atom is 0.335 e. The zero-order chi connectivity index (χ0) is 12.8. The van der Waals surface area contributed by atoms with Crippen molar-refractivity contribution in [2.45, 2.75) is 26.3 Å². The van der Waals surface area contributed by atoms with Gasteiger partial charge in [0, 0.05) is 18.8 Å². The molecule has 0 spiro atoms. The smallest absolute Gasteiger partial charge is 0.335 e. The van der Waals surface area contributed by atoms with Gasteiger partial charge in [0.15, 0.2) is 0 Å². The average Bonchev–Trinajstić information content (AvgIpc) is 2.28. The van der Waals surface area contributed by atoms with E-state index in [0.717, 1.165) is 0 Å². The van der Waals surface area contributed by atoms with Crippen LogP contribution in [0.5, 0.6) is 0 Å². The number of hydrogen-bond donors (Lipinski definition) is 3. The average molecular weight is 238 g/mol. The molecule has 0 saturated carbocycles. The van der Waals surface area contributed by atoms with Crippen molar-refractivity contribution in [3.05, 3.63) is 23.9 Å². The number of carbonyl (C=O) groups is 1. The van der Waals surface area contributed by atoms with Gasteiger partial charge in [-0.05, 0) is 24.5 Å². The zero-order valence-corrected chi connectivity index (χ0v) is 10.1. The van der Waals surface area contributed by atoms with Crippen molar-refractivity contribution in [3.63, 3.8) is 0 Å². The fraction of sp³-hybridized carbons (Fsp3) is 0.500. The minimum atomic E-state index is -0.973. The van der Waals surface area contributed by atoms with Crippen molar-refractivity contribution in [2.75, 3.05) is 11.9 Å². The van der Waals surface area contributed by atoms with E-state index < -0.39 is 5.97 Å². The van der Waals surface area contributed by atoms with E-state index >= 15 is 0 Å². The second kappa shape index (κ2) is 6.20. The minimum Gasteiger partial charge on any atom is -0.478 e. The number of hydrogen-bond acceptors (Lipinski definition) is 4. The van der Waals surface area contributed by atoms with Gasteiger partial charge in [0.25, 0.3) is 0 Å². The van der Waals surface area contributed by atoms with Crippen LogP contribution in [0, 0.1) is 5.92 Å². The Morgan fingerprint density at radius 3 is 2.76 bits per heavy atom. The van der Waals surface area contributed by atoms with Gasteiger partial charge in [-0.15, -0.1) is 0 Å². The van der Waals surface area contributed by atoms with E-state index in [-0.39, 0.29) is 18.2 Å². The van der Waals surface area contributed by atoms with Gasteiger partial charge in [0.1, 0.15) is 5.82 Å². The highest BCUT2D eigenvalue weighted by atomic mass is 16.4. The third-order valence-electron chi connectivity index (χ3n) is 2.59. The lowest BCUT2D eigenvalue weighted by Gasteiger charge is -2.22. The van der Waals surface area contributed by atoms with E-state index in [0.29, 0.717) is 18.2 Å². The Morgan fingerprint density at radius 1 is 1.53 bits per heavy atom. The summed E-state index contributed by atoms with van der Waals surface area (Å²) in [6, 6.07) is 3.02. The first-order valence-electron chi connectivity index (χ1n) is 5.61. The Hall–Kier alpha value is -1.62. The molecule has 1 atom stereocenters. The molecule has 1 heterocycles. The molecule has 5 heteroatoms. The summed E-state index contributed by atoms with van der Waals surface area (Å²) in [4.78, 5) is 14.9. The molecule has 1 aromatic rings. The number of carboxylic acids is 1. The van der Waals surface area contributed by atoms with Crippen LogP contribution in [0.1, 0.15) is 30.6 Å². The lowest BCUT2D eigenvalue weighted by molar-refractivity contribution is 0.0697. The van der Waals surface area contributed by atoms with Crippen molar-refractivity contribution in [3.8, 4) is 0 Å². The van der Waals surface area contributed by atoms with Crippen LogP contribution in [0.25, 0.3) is 0 Å². The van der Waals surface area contributed by atoms with Crippen molar-refractivity contribution in [2.24, 2.45) is 5.92 Å². The zero-order valence-electron chi connectivity index (χ0n) is 10.1. The molecular formula is C12H18N2O3. The van der Waals surface area contributed by atoms with Crippen LogP contribution in [0.15, 0.2) is 18.3 Å². The Bertz CT molecular complexity index is 380. The van der Waals surface area contributed by atoms with Crippen LogP contribution in [0.2, 0.25) is 0 Å². The summed E-state index contributed by atoms with van der Waals surface area (Å²) in [5.41, 5.74) is 0.203. The molecule has 0 aromatic carbocycles. The standard InChI is InChI=1S/C12H18N2O3/c1-8(2)10(4-6-15)14-11-7-9(12(16)17)3-5-13-11/h3,5,7-8,10,15H,4,6H2,1-2H3,(H,13,14)(H,16,17). The summed E-state index contributed by atoms with van der Waals surface area (Å²) < 4.78 is 0. The first kappa shape index (κ1) is 13.4. The molecule has 0 aliphatic heterocycles. The summed E-state index contributed by atoms with van der Waals surface area (Å²) in [7, 11) is 0. The van der Waals surface area contributed by atoms with E-state index in [2.05, 4.69) is 10.3 Å². The first-order valence-corrected chi connectivity index (χ1v) is 5.61. The quantitative estimate of drug-likeness (QED) is 0.701. The molecule has 1 unspecified atom stereocenters. The number of aliphatic hydroxyl groups is 1. The molecule has 0 bridgehead atoms. The van der Waals surface area contributed by atoms with Crippen LogP contribution >= 0.6 is 0 Å². The maximum atomic E-state index is 10.8. The summed E-state index contributed by atoms with van der Waals surface area (Å²) in [6.07, 6.45) is 2.07. The second-order valence-corrected chi connectivity index (χ2v) is 4.24. The maximum absolute atomic E-state index is 10.8. The largest absolute Gasteiger partial charge is 0.478 e.